The first kappa shape index (κ1) is 24.6. The minimum Gasteiger partial charge on any atom is -0.445 e. The highest BCUT2D eigenvalue weighted by Gasteiger charge is 2.42. The minimum atomic E-state index is -4.45. The Kier molecular flexibility index (Phi) is 9.09. The Balaban J connectivity index is 2.94. The molecule has 0 aliphatic carbocycles. The van der Waals surface area contributed by atoms with Crippen molar-refractivity contribution >= 4 is 33.6 Å². The van der Waals surface area contributed by atoms with E-state index in [4.69, 9.17) is 4.74 Å². The van der Waals surface area contributed by atoms with E-state index in [0.29, 0.717) is 6.54 Å². The van der Waals surface area contributed by atoms with Crippen LogP contribution in [0.5, 0.6) is 0 Å². The number of hydrogen-bond acceptors (Lipinski definition) is 6. The molecule has 1 aliphatic heterocycles. The van der Waals surface area contributed by atoms with Gasteiger partial charge in [0.1, 0.15) is 12.6 Å². The van der Waals surface area contributed by atoms with Gasteiger partial charge in [0.25, 0.3) is 0 Å². The summed E-state index contributed by atoms with van der Waals surface area (Å²) in [6.07, 6.45) is -3.84. The van der Waals surface area contributed by atoms with Gasteiger partial charge in [-0.25, -0.2) is 4.79 Å². The number of hydrogen-bond donors (Lipinski definition) is 1. The number of amides is 1. The van der Waals surface area contributed by atoms with Gasteiger partial charge in [-0.3, -0.25) is 19.4 Å². The van der Waals surface area contributed by atoms with E-state index >= 15 is 0 Å². The molecule has 0 aromatic heterocycles. The molecule has 1 saturated heterocycles. The van der Waals surface area contributed by atoms with E-state index in [1.54, 1.807) is 18.7 Å². The van der Waals surface area contributed by atoms with Gasteiger partial charge in [-0.1, -0.05) is 28.6 Å². The van der Waals surface area contributed by atoms with Crippen molar-refractivity contribution in [1.82, 2.24) is 15.1 Å². The summed E-state index contributed by atoms with van der Waals surface area (Å²) in [6.45, 7) is 5.34. The molecule has 0 radical (unpaired) electrons. The molecule has 1 atom stereocenters. The topological polar surface area (TPSA) is 79.0 Å². The van der Waals surface area contributed by atoms with Crippen molar-refractivity contribution in [2.45, 2.75) is 31.6 Å². The van der Waals surface area contributed by atoms with Crippen LogP contribution in [0.2, 0.25) is 0 Å². The largest absolute Gasteiger partial charge is 0.445 e. The number of halogens is 4. The van der Waals surface area contributed by atoms with Crippen LogP contribution in [0.1, 0.15) is 13.8 Å². The van der Waals surface area contributed by atoms with Crippen LogP contribution in [-0.2, 0) is 14.3 Å². The highest BCUT2D eigenvalue weighted by Crippen LogP contribution is 2.23. The highest BCUT2D eigenvalue weighted by molar-refractivity contribution is 9.09. The van der Waals surface area contributed by atoms with Crippen LogP contribution < -0.4 is 5.32 Å². The summed E-state index contributed by atoms with van der Waals surface area (Å²) in [7, 11) is 0. The Morgan fingerprint density at radius 2 is 1.93 bits per heavy atom. The maximum absolute atomic E-state index is 12.6. The summed E-state index contributed by atoms with van der Waals surface area (Å²) in [5.41, 5.74) is -0.904. The average Bonchev–Trinajstić information content (AvgIpc) is 2.63. The zero-order valence-corrected chi connectivity index (χ0v) is 17.4. The minimum absolute atomic E-state index is 0.0153. The molecule has 1 N–H and O–H groups in total. The van der Waals surface area contributed by atoms with Gasteiger partial charge in [-0.05, 0) is 13.8 Å². The monoisotopic (exact) mass is 471 g/mol. The van der Waals surface area contributed by atoms with Crippen LogP contribution in [0, 0.1) is 0 Å². The van der Waals surface area contributed by atoms with E-state index in [0.717, 1.165) is 0 Å². The van der Waals surface area contributed by atoms with Gasteiger partial charge in [0, 0.05) is 19.6 Å². The third kappa shape index (κ3) is 6.85. The van der Waals surface area contributed by atoms with E-state index in [1.807, 2.05) is 0 Å². The van der Waals surface area contributed by atoms with Crippen molar-refractivity contribution in [1.29, 1.82) is 0 Å². The van der Waals surface area contributed by atoms with Crippen molar-refractivity contribution < 1.29 is 32.3 Å². The normalized spacial score (nSPS) is 18.6. The predicted octanol–water partition coefficient (Wildman–Crippen LogP) is 1.76. The molecule has 0 bridgehead atoms. The Hall–Kier alpha value is -1.46. The number of nitrogens with zero attached hydrogens (tertiary/aromatic N) is 2. The average molecular weight is 472 g/mol. The molecule has 0 aromatic rings. The van der Waals surface area contributed by atoms with Gasteiger partial charge in [0.2, 0.25) is 0 Å². The summed E-state index contributed by atoms with van der Waals surface area (Å²) in [5.74, 6) is -0.705. The third-order valence-corrected chi connectivity index (χ3v) is 5.04. The van der Waals surface area contributed by atoms with E-state index in [-0.39, 0.29) is 30.8 Å². The molecule has 0 aromatic carbocycles. The fraction of sp³-hybridized carbons (Fsp3) is 0.706. The maximum atomic E-state index is 12.6. The summed E-state index contributed by atoms with van der Waals surface area (Å²) >= 11 is 3.12. The smallest absolute Gasteiger partial charge is 0.410 e. The first-order chi connectivity index (χ1) is 12.9. The molecular formula is C17H25BrF3N3O4. The van der Waals surface area contributed by atoms with Crippen molar-refractivity contribution in [3.05, 3.63) is 12.7 Å². The van der Waals surface area contributed by atoms with E-state index < -0.39 is 42.7 Å². The number of carbonyl (C=O) groups excluding carboxylic acids is 3. The molecule has 11 heteroatoms. The van der Waals surface area contributed by atoms with Gasteiger partial charge in [0.15, 0.2) is 11.6 Å². The second-order valence-corrected chi connectivity index (χ2v) is 7.38. The Morgan fingerprint density at radius 1 is 1.29 bits per heavy atom. The lowest BCUT2D eigenvalue weighted by molar-refractivity contribution is -0.135. The van der Waals surface area contributed by atoms with Gasteiger partial charge < -0.3 is 10.1 Å². The summed E-state index contributed by atoms with van der Waals surface area (Å²) in [4.78, 5) is 40.0. The second kappa shape index (κ2) is 10.4. The maximum Gasteiger partial charge on any atom is 0.410 e. The fourth-order valence-electron chi connectivity index (χ4n) is 2.78. The highest BCUT2D eigenvalue weighted by atomic mass is 79.9. The summed E-state index contributed by atoms with van der Waals surface area (Å²) in [6, 6.07) is -1.03. The second-order valence-electron chi connectivity index (χ2n) is 6.82. The fourth-order valence-corrected chi connectivity index (χ4v) is 3.47. The summed E-state index contributed by atoms with van der Waals surface area (Å²) in [5, 5.41) is 2.17. The molecule has 1 heterocycles. The number of ketones is 2. The number of rotatable bonds is 9. The van der Waals surface area contributed by atoms with E-state index in [2.05, 4.69) is 27.8 Å². The summed E-state index contributed by atoms with van der Waals surface area (Å²) < 4.78 is 41.9. The Labute approximate surface area is 170 Å². The van der Waals surface area contributed by atoms with Crippen molar-refractivity contribution in [3.63, 3.8) is 0 Å². The Bertz CT molecular complexity index is 599. The lowest BCUT2D eigenvalue weighted by Gasteiger charge is -2.46. The van der Waals surface area contributed by atoms with Gasteiger partial charge in [-0.2, -0.15) is 13.2 Å². The Morgan fingerprint density at radius 3 is 2.46 bits per heavy atom. The molecule has 1 aliphatic rings. The number of carbonyl (C=O) groups is 3. The number of alkyl halides is 4. The van der Waals surface area contributed by atoms with Crippen molar-refractivity contribution in [2.24, 2.45) is 0 Å². The van der Waals surface area contributed by atoms with E-state index in [9.17, 15) is 27.6 Å². The van der Waals surface area contributed by atoms with E-state index in [1.165, 1.54) is 11.0 Å². The van der Waals surface area contributed by atoms with Crippen LogP contribution in [0.25, 0.3) is 0 Å². The quantitative estimate of drug-likeness (QED) is 0.407. The molecule has 1 amide bonds. The first-order valence-corrected chi connectivity index (χ1v) is 9.75. The SMILES string of the molecule is C=CCOC(=O)N1CCN(C(C)(C)C(=O)CBr)C[C@H]1C(=O)CNCC(F)(F)F. The van der Waals surface area contributed by atoms with Gasteiger partial charge in [-0.15, -0.1) is 0 Å². The van der Waals surface area contributed by atoms with Gasteiger partial charge in [0.05, 0.1) is 24.0 Å². The van der Waals surface area contributed by atoms with Crippen LogP contribution in [-0.4, -0.2) is 89.9 Å². The molecule has 0 spiro atoms. The number of Topliss-reactive ketones (excluding diaryl/α,β-unsaturated/α-hetero) is 2. The molecule has 1 rings (SSSR count). The van der Waals surface area contributed by atoms with Crippen molar-refractivity contribution in [2.75, 3.05) is 44.7 Å². The standard InChI is InChI=1S/C17H25BrF3N3O4/c1-4-7-28-15(27)24-6-5-23(16(2,3)14(26)8-18)10-12(24)13(25)9-22-11-17(19,20)21/h4,12,22H,1,5-11H2,2-3H3/t12-/m0/s1. The van der Waals surface area contributed by atoms with Crippen LogP contribution in [0.15, 0.2) is 12.7 Å². The predicted molar refractivity (Wildman–Crippen MR) is 100 cm³/mol. The lowest BCUT2D eigenvalue weighted by Crippen LogP contribution is -2.65. The molecule has 28 heavy (non-hydrogen) atoms. The molecule has 0 unspecified atom stereocenters. The van der Waals surface area contributed by atoms with Crippen molar-refractivity contribution in [3.8, 4) is 0 Å². The van der Waals surface area contributed by atoms with Gasteiger partial charge >= 0.3 is 12.3 Å². The molecule has 7 nitrogen and oxygen atoms in total. The van der Waals surface area contributed by atoms with Crippen LogP contribution in [0.3, 0.4) is 0 Å². The number of piperazine rings is 1. The van der Waals surface area contributed by atoms with Crippen LogP contribution in [0.4, 0.5) is 18.0 Å². The molecular weight excluding hydrogens is 447 g/mol. The molecule has 0 saturated carbocycles. The molecule has 1 fully saturated rings. The first-order valence-electron chi connectivity index (χ1n) is 8.62. The van der Waals surface area contributed by atoms with Crippen LogP contribution >= 0.6 is 15.9 Å². The zero-order valence-electron chi connectivity index (χ0n) is 15.9. The number of nitrogens with one attached hydrogen (secondary N) is 1. The number of ether oxygens (including phenoxy) is 1. The third-order valence-electron chi connectivity index (χ3n) is 4.53. The zero-order chi connectivity index (χ0) is 21.5. The lowest BCUT2D eigenvalue weighted by atomic mass is 9.94. The molecule has 160 valence electrons.